The normalized spacial score (nSPS) is 13.6. The maximum atomic E-state index is 2.33. The molecule has 4 heteroatoms. The molecule has 0 unspecified atom stereocenters. The van der Waals surface area contributed by atoms with Crippen LogP contribution in [0, 0.1) is 0 Å². The van der Waals surface area contributed by atoms with Gasteiger partial charge < -0.3 is 37.2 Å². The van der Waals surface area contributed by atoms with Gasteiger partial charge in [-0.25, -0.2) is 0 Å². The third kappa shape index (κ3) is 5.16. The number of hydrogen-bond donors (Lipinski definition) is 0. The van der Waals surface area contributed by atoms with Crippen LogP contribution in [0.4, 0.5) is 0 Å². The van der Waals surface area contributed by atoms with Crippen molar-refractivity contribution < 1.29 is 57.7 Å². The van der Waals surface area contributed by atoms with Gasteiger partial charge in [-0.15, -0.1) is 0 Å². The van der Waals surface area contributed by atoms with E-state index in [0.717, 1.165) is 6.42 Å². The van der Waals surface area contributed by atoms with Crippen LogP contribution in [0.2, 0.25) is 0 Å². The fourth-order valence-electron chi connectivity index (χ4n) is 4.13. The van der Waals surface area contributed by atoms with E-state index in [-0.39, 0.29) is 42.6 Å². The predicted octanol–water partition coefficient (Wildman–Crippen LogP) is -2.28. The Morgan fingerprint density at radius 1 is 0.821 bits per heavy atom. The van der Waals surface area contributed by atoms with Gasteiger partial charge in [0.15, 0.2) is 0 Å². The van der Waals surface area contributed by atoms with Crippen LogP contribution >= 0.6 is 0 Å². The number of halogens is 3. The van der Waals surface area contributed by atoms with Crippen molar-refractivity contribution in [2.24, 2.45) is 0 Å². The van der Waals surface area contributed by atoms with Crippen molar-refractivity contribution >= 4 is 0 Å². The maximum Gasteiger partial charge on any atom is -1.00 e. The van der Waals surface area contributed by atoms with Gasteiger partial charge in [-0.3, -0.25) is 0 Å². The maximum absolute atomic E-state index is 2.33. The molecule has 0 N–H and O–H groups in total. The second-order valence-corrected chi connectivity index (χ2v) is 7.96. The molecule has 1 aliphatic carbocycles. The van der Waals surface area contributed by atoms with Crippen LogP contribution < -0.4 is 37.2 Å². The van der Waals surface area contributed by atoms with Gasteiger partial charge in [0.2, 0.25) is 0 Å². The van der Waals surface area contributed by atoms with Crippen molar-refractivity contribution in [1.82, 2.24) is 0 Å². The van der Waals surface area contributed by atoms with Gasteiger partial charge in [0.1, 0.15) is 0 Å². The molecule has 2 aromatic carbocycles. The van der Waals surface area contributed by atoms with E-state index in [0.29, 0.717) is 0 Å². The number of rotatable bonds is 6. The van der Waals surface area contributed by atoms with Crippen molar-refractivity contribution in [2.45, 2.75) is 51.9 Å². The average molecular weight is 470 g/mol. The van der Waals surface area contributed by atoms with Crippen molar-refractivity contribution in [3.63, 3.8) is 0 Å². The zero-order valence-electron chi connectivity index (χ0n) is 16.7. The van der Waals surface area contributed by atoms with Crippen LogP contribution in [0.15, 0.2) is 81.3 Å². The van der Waals surface area contributed by atoms with Gasteiger partial charge >= 0.3 is 165 Å². The Hall–Kier alpha value is -0.496. The summed E-state index contributed by atoms with van der Waals surface area (Å²) < 4.78 is 1.50. The number of benzene rings is 2. The van der Waals surface area contributed by atoms with E-state index in [2.05, 4.69) is 102 Å². The fourth-order valence-corrected chi connectivity index (χ4v) is 4.94. The molecule has 2 aromatic rings. The fraction of sp³-hybridized carbons (Fsp3) is 0.333. The summed E-state index contributed by atoms with van der Waals surface area (Å²) in [5.74, 6) is 0. The summed E-state index contributed by atoms with van der Waals surface area (Å²) in [5, 5.41) is 0. The van der Waals surface area contributed by atoms with Crippen molar-refractivity contribution in [2.75, 3.05) is 0 Å². The predicted molar refractivity (Wildman–Crippen MR) is 103 cm³/mol. The van der Waals surface area contributed by atoms with E-state index in [4.69, 9.17) is 0 Å². The molecule has 0 saturated heterocycles. The van der Waals surface area contributed by atoms with Crippen molar-refractivity contribution in [3.05, 3.63) is 92.4 Å². The van der Waals surface area contributed by atoms with Gasteiger partial charge in [0, 0.05) is 0 Å². The van der Waals surface area contributed by atoms with Gasteiger partial charge in [-0.2, -0.15) is 0 Å². The van der Waals surface area contributed by atoms with E-state index in [1.807, 2.05) is 0 Å². The monoisotopic (exact) mass is 468 g/mol. The Labute approximate surface area is 200 Å². The Kier molecular flexibility index (Phi) is 12.0. The van der Waals surface area contributed by atoms with Crippen LogP contribution in [0.25, 0.3) is 0 Å². The second-order valence-electron chi connectivity index (χ2n) is 7.18. The average Bonchev–Trinajstić information content (AvgIpc) is 2.92. The third-order valence-corrected chi connectivity index (χ3v) is 6.77. The molecule has 0 spiro atoms. The first-order chi connectivity index (χ1) is 12.1. The summed E-state index contributed by atoms with van der Waals surface area (Å²) in [6, 6.07) is 22.3. The van der Waals surface area contributed by atoms with E-state index < -0.39 is 0 Å². The first-order valence-corrected chi connectivity index (χ1v) is 10.1. The van der Waals surface area contributed by atoms with Gasteiger partial charge in [-0.05, 0) is 0 Å². The molecular weight excluding hydrogens is 442 g/mol. The first-order valence-electron chi connectivity index (χ1n) is 9.34. The van der Waals surface area contributed by atoms with E-state index >= 15 is 0 Å². The SMILES string of the molecule is CCCCC(C1=[C]([Ti+3])C(C)=C(C)C1)(c1ccccc1)c1ccccc1.[Cl-].[Cl-].[Cl-]. The Balaban J connectivity index is 0.00000243. The molecule has 0 atom stereocenters. The van der Waals surface area contributed by atoms with E-state index in [1.54, 1.807) is 5.57 Å². The van der Waals surface area contributed by atoms with Crippen LogP contribution in [0.1, 0.15) is 57.6 Å². The summed E-state index contributed by atoms with van der Waals surface area (Å²) in [6.45, 7) is 6.88. The zero-order chi connectivity index (χ0) is 17.9. The Bertz CT molecular complexity index is 756. The summed E-state index contributed by atoms with van der Waals surface area (Å²) in [4.78, 5) is 0. The number of unbranched alkanes of at least 4 members (excludes halogenated alkanes) is 1. The molecule has 0 nitrogen and oxygen atoms in total. The van der Waals surface area contributed by atoms with Gasteiger partial charge in [-0.1, -0.05) is 0 Å². The Morgan fingerprint density at radius 3 is 1.64 bits per heavy atom. The first kappa shape index (κ1) is 27.5. The molecule has 0 radical (unpaired) electrons. The molecule has 0 fully saturated rings. The Morgan fingerprint density at radius 2 is 1.29 bits per heavy atom. The third-order valence-electron chi connectivity index (χ3n) is 5.71. The summed E-state index contributed by atoms with van der Waals surface area (Å²) in [6.07, 6.45) is 4.73. The molecule has 1 aliphatic rings. The summed E-state index contributed by atoms with van der Waals surface area (Å²) >= 11 is 2.33. The van der Waals surface area contributed by atoms with Crippen LogP contribution in [-0.2, 0) is 25.9 Å². The zero-order valence-corrected chi connectivity index (χ0v) is 20.6. The van der Waals surface area contributed by atoms with Crippen LogP contribution in [0.5, 0.6) is 0 Å². The second kappa shape index (κ2) is 12.3. The molecule has 0 aromatic heterocycles. The summed E-state index contributed by atoms with van der Waals surface area (Å²) in [5.41, 5.74) is 7.48. The molecule has 28 heavy (non-hydrogen) atoms. The minimum absolute atomic E-state index is 0. The smallest absolute Gasteiger partial charge is 1.00 e. The van der Waals surface area contributed by atoms with Crippen molar-refractivity contribution in [1.29, 1.82) is 0 Å². The van der Waals surface area contributed by atoms with E-state index in [9.17, 15) is 0 Å². The standard InChI is InChI=1S/C24H27.3ClH.Ti/c1-4-5-16-24(21-12-8-6-9-13-21,22-14-10-7-11-15-22)23-17-19(2)20(3)18-23;;;;/h6-15H,4-5,16-17H2,1-3H3;3*1H;/q;;;;+3/p-3. The molecule has 148 valence electrons. The van der Waals surface area contributed by atoms with Crippen molar-refractivity contribution in [3.8, 4) is 0 Å². The molecular formula is C24H27Cl3Ti. The largest absolute Gasteiger partial charge is 1.00 e. The number of allylic oxidation sites excluding steroid dienone is 4. The quantitative estimate of drug-likeness (QED) is 0.418. The molecule has 0 saturated carbocycles. The van der Waals surface area contributed by atoms with Gasteiger partial charge in [0.25, 0.3) is 0 Å². The van der Waals surface area contributed by atoms with E-state index in [1.165, 1.54) is 45.4 Å². The molecule has 3 rings (SSSR count). The van der Waals surface area contributed by atoms with Crippen LogP contribution in [0.3, 0.4) is 0 Å². The van der Waals surface area contributed by atoms with Crippen LogP contribution in [-0.4, -0.2) is 0 Å². The topological polar surface area (TPSA) is 0 Å². The molecule has 0 bridgehead atoms. The number of hydrogen-bond acceptors (Lipinski definition) is 0. The summed E-state index contributed by atoms with van der Waals surface area (Å²) in [7, 11) is 0. The molecule has 0 aliphatic heterocycles. The molecule has 0 amide bonds. The minimum Gasteiger partial charge on any atom is -1.00 e. The molecule has 0 heterocycles. The van der Waals surface area contributed by atoms with Gasteiger partial charge in [0.05, 0.1) is 0 Å². The minimum atomic E-state index is -0.0123.